The van der Waals surface area contributed by atoms with Crippen LogP contribution in [0.5, 0.6) is 0 Å². The Morgan fingerprint density at radius 2 is 2.04 bits per heavy atom. The zero-order valence-electron chi connectivity index (χ0n) is 15.6. The number of hydrazone groups is 1. The summed E-state index contributed by atoms with van der Waals surface area (Å²) in [6, 6.07) is 12.6. The molecule has 3 aromatic rings. The molecule has 138 valence electrons. The van der Waals surface area contributed by atoms with Crippen molar-refractivity contribution in [2.24, 2.45) is 17.9 Å². The van der Waals surface area contributed by atoms with Crippen molar-refractivity contribution >= 4 is 29.6 Å². The molecule has 2 aromatic heterocycles. The lowest BCUT2D eigenvalue weighted by Gasteiger charge is -2.00. The predicted octanol–water partition coefficient (Wildman–Crippen LogP) is 1.69. The highest BCUT2D eigenvalue weighted by Gasteiger charge is 2.16. The Hall–Kier alpha value is -2.80. The summed E-state index contributed by atoms with van der Waals surface area (Å²) in [4.78, 5) is 0. The van der Waals surface area contributed by atoms with E-state index in [-0.39, 0.29) is 0 Å². The summed E-state index contributed by atoms with van der Waals surface area (Å²) in [5, 5.41) is 4.25. The first-order valence-corrected chi connectivity index (χ1v) is 10.1. The van der Waals surface area contributed by atoms with Crippen molar-refractivity contribution in [3.63, 3.8) is 0 Å². The number of hydrogen-bond donors (Lipinski definition) is 2. The molecule has 0 spiro atoms. The van der Waals surface area contributed by atoms with E-state index in [1.807, 2.05) is 11.8 Å². The van der Waals surface area contributed by atoms with Gasteiger partial charge in [0.15, 0.2) is 5.69 Å². The standard InChI is InChI=1S/C20H23N6S/c1-15-3-8-19-24(2)18(13-26(19)12-15)17-6-4-16(5-7-17)11-22-23-20(21)25-9-10-27-14-25/h3-8,11-13H,9-10,14H2,1-2H3,(H2,21,23)/q+1/p+1/b22-11-. The van der Waals surface area contributed by atoms with Gasteiger partial charge in [-0.2, -0.15) is 5.43 Å². The summed E-state index contributed by atoms with van der Waals surface area (Å²) < 4.78 is 6.46. The second-order valence-corrected chi connectivity index (χ2v) is 7.80. The molecule has 4 rings (SSSR count). The molecular weight excluding hydrogens is 356 g/mol. The van der Waals surface area contributed by atoms with Crippen LogP contribution in [0.25, 0.3) is 16.9 Å². The van der Waals surface area contributed by atoms with Crippen LogP contribution >= 0.6 is 11.8 Å². The van der Waals surface area contributed by atoms with Gasteiger partial charge in [0.2, 0.25) is 0 Å². The number of aryl methyl sites for hydroxylation is 2. The van der Waals surface area contributed by atoms with E-state index in [2.05, 4.69) is 86.8 Å². The van der Waals surface area contributed by atoms with Crippen molar-refractivity contribution in [3.05, 3.63) is 59.9 Å². The first kappa shape index (κ1) is 17.6. The summed E-state index contributed by atoms with van der Waals surface area (Å²) >= 11 is 1.87. The maximum absolute atomic E-state index is 6.01. The maximum atomic E-state index is 6.01. The Balaban J connectivity index is 1.51. The van der Waals surface area contributed by atoms with Crippen molar-refractivity contribution < 1.29 is 8.98 Å². The lowest BCUT2D eigenvalue weighted by atomic mass is 10.1. The smallest absolute Gasteiger partial charge is 0.289 e. The van der Waals surface area contributed by atoms with E-state index in [9.17, 15) is 0 Å². The van der Waals surface area contributed by atoms with Gasteiger partial charge in [0, 0.05) is 17.4 Å². The lowest BCUT2D eigenvalue weighted by molar-refractivity contribution is -0.510. The van der Waals surface area contributed by atoms with Crippen LogP contribution in [0, 0.1) is 6.92 Å². The quantitative estimate of drug-likeness (QED) is 0.315. The van der Waals surface area contributed by atoms with Gasteiger partial charge in [-0.1, -0.05) is 12.1 Å². The highest BCUT2D eigenvalue weighted by molar-refractivity contribution is 7.99. The Kier molecular flexibility index (Phi) is 4.85. The molecule has 0 bridgehead atoms. The van der Waals surface area contributed by atoms with Gasteiger partial charge in [0.05, 0.1) is 26.0 Å². The third-order valence-electron chi connectivity index (χ3n) is 4.76. The molecule has 7 heteroatoms. The molecule has 1 aromatic carbocycles. The van der Waals surface area contributed by atoms with E-state index in [0.717, 1.165) is 29.4 Å². The Labute approximate surface area is 163 Å². The van der Waals surface area contributed by atoms with Gasteiger partial charge in [-0.25, -0.2) is 8.97 Å². The Morgan fingerprint density at radius 1 is 1.22 bits per heavy atom. The highest BCUT2D eigenvalue weighted by Crippen LogP contribution is 2.20. The van der Waals surface area contributed by atoms with Crippen LogP contribution in [0.15, 0.2) is 53.9 Å². The fraction of sp³-hybridized carbons (Fsp3) is 0.250. The van der Waals surface area contributed by atoms with Crippen LogP contribution in [0.1, 0.15) is 11.1 Å². The van der Waals surface area contributed by atoms with Crippen molar-refractivity contribution in [3.8, 4) is 11.3 Å². The van der Waals surface area contributed by atoms with Crippen LogP contribution in [0.2, 0.25) is 0 Å². The number of nitrogens with zero attached hydrogens (tertiary/aromatic N) is 4. The number of nitrogens with two attached hydrogens (primary N) is 1. The van der Waals surface area contributed by atoms with Crippen LogP contribution in [-0.2, 0) is 7.05 Å². The van der Waals surface area contributed by atoms with E-state index in [1.54, 1.807) is 6.21 Å². The van der Waals surface area contributed by atoms with Crippen LogP contribution in [0.4, 0.5) is 0 Å². The SMILES string of the molecule is Cc1ccc2n(C)c(-c3ccc(/C=N\NC(N)=[N+]4CCSC4)cc3)c[n+]2c1. The fourth-order valence-electron chi connectivity index (χ4n) is 3.21. The number of aromatic nitrogens is 2. The number of hydrogen-bond acceptors (Lipinski definition) is 2. The van der Waals surface area contributed by atoms with Gasteiger partial charge in [0.1, 0.15) is 12.1 Å². The van der Waals surface area contributed by atoms with E-state index >= 15 is 0 Å². The van der Waals surface area contributed by atoms with Gasteiger partial charge in [-0.05, 0) is 36.2 Å². The zero-order chi connectivity index (χ0) is 18.8. The molecule has 1 fully saturated rings. The molecule has 0 radical (unpaired) electrons. The number of nitrogens with one attached hydrogen (secondary N) is 1. The molecule has 0 unspecified atom stereocenters. The second-order valence-electron chi connectivity index (χ2n) is 6.72. The summed E-state index contributed by atoms with van der Waals surface area (Å²) in [5.74, 6) is 2.64. The first-order valence-electron chi connectivity index (χ1n) is 8.94. The van der Waals surface area contributed by atoms with E-state index in [0.29, 0.717) is 5.96 Å². The second kappa shape index (κ2) is 7.44. The number of imidazole rings is 1. The van der Waals surface area contributed by atoms with Crippen LogP contribution in [0.3, 0.4) is 0 Å². The number of benzene rings is 1. The fourth-order valence-corrected chi connectivity index (χ4v) is 4.17. The van der Waals surface area contributed by atoms with E-state index < -0.39 is 0 Å². The number of guanidine groups is 1. The largest absolute Gasteiger partial charge is 0.368 e. The van der Waals surface area contributed by atoms with Crippen molar-refractivity contribution in [1.29, 1.82) is 0 Å². The molecule has 1 saturated heterocycles. The summed E-state index contributed by atoms with van der Waals surface area (Å²) in [6.07, 6.45) is 6.10. The number of pyridine rings is 1. The van der Waals surface area contributed by atoms with Gasteiger partial charge in [0.25, 0.3) is 5.65 Å². The molecule has 0 amide bonds. The van der Waals surface area contributed by atoms with Gasteiger partial charge < -0.3 is 0 Å². The van der Waals surface area contributed by atoms with Crippen LogP contribution in [-0.4, -0.2) is 39.5 Å². The lowest BCUT2D eigenvalue weighted by Crippen LogP contribution is -2.37. The summed E-state index contributed by atoms with van der Waals surface area (Å²) in [6.45, 7) is 3.07. The molecule has 1 aliphatic heterocycles. The first-order chi connectivity index (χ1) is 13.1. The molecule has 1 aliphatic rings. The minimum atomic E-state index is 0.607. The normalized spacial score (nSPS) is 16.4. The predicted molar refractivity (Wildman–Crippen MR) is 111 cm³/mol. The third kappa shape index (κ3) is 3.68. The number of thioether (sulfide) groups is 1. The number of rotatable bonds is 3. The van der Waals surface area contributed by atoms with E-state index in [4.69, 9.17) is 5.73 Å². The van der Waals surface area contributed by atoms with Gasteiger partial charge in [-0.3, -0.25) is 10.3 Å². The molecule has 3 N–H and O–H groups in total. The zero-order valence-corrected chi connectivity index (χ0v) is 16.4. The van der Waals surface area contributed by atoms with Crippen molar-refractivity contribution in [2.75, 3.05) is 18.2 Å². The molecular formula is C20H24N6S+2. The monoisotopic (exact) mass is 380 g/mol. The topological polar surface area (TPSA) is 62.5 Å². The van der Waals surface area contributed by atoms with Gasteiger partial charge in [-0.15, -0.1) is 16.9 Å². The Morgan fingerprint density at radius 3 is 2.78 bits per heavy atom. The van der Waals surface area contributed by atoms with Crippen molar-refractivity contribution in [1.82, 2.24) is 9.99 Å². The molecule has 0 saturated carbocycles. The van der Waals surface area contributed by atoms with Gasteiger partial charge >= 0.3 is 5.96 Å². The average molecular weight is 381 g/mol. The minimum Gasteiger partial charge on any atom is -0.289 e. The number of fused-ring (bicyclic) bond motifs is 1. The third-order valence-corrected chi connectivity index (χ3v) is 5.73. The summed E-state index contributed by atoms with van der Waals surface area (Å²) in [5.41, 5.74) is 14.7. The van der Waals surface area contributed by atoms with Crippen molar-refractivity contribution in [2.45, 2.75) is 6.92 Å². The Bertz CT molecular complexity index is 1020. The molecule has 27 heavy (non-hydrogen) atoms. The average Bonchev–Trinajstić information content (AvgIpc) is 3.31. The minimum absolute atomic E-state index is 0.607. The van der Waals surface area contributed by atoms with E-state index in [1.165, 1.54) is 16.8 Å². The van der Waals surface area contributed by atoms with Crippen LogP contribution < -0.4 is 15.6 Å². The maximum Gasteiger partial charge on any atom is 0.368 e. The molecule has 3 heterocycles. The molecule has 0 atom stereocenters. The highest BCUT2D eigenvalue weighted by atomic mass is 32.2. The summed E-state index contributed by atoms with van der Waals surface area (Å²) in [7, 11) is 2.09. The molecule has 6 nitrogen and oxygen atoms in total. The molecule has 0 aliphatic carbocycles.